The van der Waals surface area contributed by atoms with E-state index in [1.54, 1.807) is 6.20 Å². The van der Waals surface area contributed by atoms with E-state index in [4.69, 9.17) is 0 Å². The predicted octanol–water partition coefficient (Wildman–Crippen LogP) is 2.93. The van der Waals surface area contributed by atoms with Gasteiger partial charge in [0.05, 0.1) is 11.0 Å². The second kappa shape index (κ2) is 4.29. The summed E-state index contributed by atoms with van der Waals surface area (Å²) in [5.41, 5.74) is 3.44. The van der Waals surface area contributed by atoms with Crippen LogP contribution in [0.1, 0.15) is 31.3 Å². The Bertz CT molecular complexity index is 652. The third-order valence-corrected chi connectivity index (χ3v) is 3.29. The molecule has 3 rings (SSSR count). The number of aromatic amines is 1. The molecule has 1 atom stereocenters. The third-order valence-electron chi connectivity index (χ3n) is 3.29. The van der Waals surface area contributed by atoms with Gasteiger partial charge in [-0.1, -0.05) is 13.0 Å². The summed E-state index contributed by atoms with van der Waals surface area (Å²) in [7, 11) is 0. The van der Waals surface area contributed by atoms with Crippen molar-refractivity contribution in [1.29, 1.82) is 0 Å². The first-order chi connectivity index (χ1) is 8.78. The molecule has 92 valence electrons. The van der Waals surface area contributed by atoms with E-state index >= 15 is 0 Å². The minimum Gasteiger partial charge on any atom is -0.340 e. The van der Waals surface area contributed by atoms with E-state index in [9.17, 15) is 0 Å². The Morgan fingerprint density at radius 3 is 3.00 bits per heavy atom. The number of nitrogens with zero attached hydrogens (tertiary/aromatic N) is 3. The summed E-state index contributed by atoms with van der Waals surface area (Å²) in [5, 5.41) is 4.25. The van der Waals surface area contributed by atoms with Crippen LogP contribution in [0.5, 0.6) is 0 Å². The summed E-state index contributed by atoms with van der Waals surface area (Å²) >= 11 is 0. The second-order valence-corrected chi connectivity index (χ2v) is 4.49. The van der Waals surface area contributed by atoms with Crippen molar-refractivity contribution in [3.63, 3.8) is 0 Å². The number of fused-ring (bicyclic) bond motifs is 1. The van der Waals surface area contributed by atoms with Crippen molar-refractivity contribution in [3.05, 3.63) is 48.0 Å². The van der Waals surface area contributed by atoms with E-state index in [1.165, 1.54) is 5.56 Å². The lowest BCUT2D eigenvalue weighted by molar-refractivity contribution is 0.542. The number of nitrogens with one attached hydrogen (secondary N) is 1. The first-order valence-corrected chi connectivity index (χ1v) is 6.25. The molecule has 0 saturated heterocycles. The fraction of sp³-hybridized carbons (Fsp3) is 0.286. The molecule has 1 unspecified atom stereocenters. The summed E-state index contributed by atoms with van der Waals surface area (Å²) in [6, 6.07) is 8.42. The van der Waals surface area contributed by atoms with Gasteiger partial charge in [-0.15, -0.1) is 0 Å². The van der Waals surface area contributed by atoms with Crippen LogP contribution in [-0.2, 0) is 6.42 Å². The van der Waals surface area contributed by atoms with E-state index in [0.29, 0.717) is 0 Å². The fourth-order valence-electron chi connectivity index (χ4n) is 2.13. The molecule has 0 aliphatic rings. The van der Waals surface area contributed by atoms with Crippen molar-refractivity contribution in [2.45, 2.75) is 26.3 Å². The zero-order valence-electron chi connectivity index (χ0n) is 10.6. The molecule has 0 spiro atoms. The van der Waals surface area contributed by atoms with Crippen molar-refractivity contribution < 1.29 is 0 Å². The largest absolute Gasteiger partial charge is 0.340 e. The maximum absolute atomic E-state index is 4.63. The highest BCUT2D eigenvalue weighted by atomic mass is 15.3. The Labute approximate surface area is 106 Å². The number of aromatic nitrogens is 4. The molecule has 1 aromatic carbocycles. The number of aryl methyl sites for hydroxylation is 1. The zero-order valence-corrected chi connectivity index (χ0v) is 10.6. The van der Waals surface area contributed by atoms with Crippen LogP contribution in [0.2, 0.25) is 0 Å². The number of hydrogen-bond donors (Lipinski definition) is 1. The van der Waals surface area contributed by atoms with Crippen LogP contribution >= 0.6 is 0 Å². The quantitative estimate of drug-likeness (QED) is 0.765. The molecule has 3 aromatic rings. The fourth-order valence-corrected chi connectivity index (χ4v) is 2.13. The Kier molecular flexibility index (Phi) is 2.63. The number of benzene rings is 1. The average molecular weight is 240 g/mol. The van der Waals surface area contributed by atoms with E-state index < -0.39 is 0 Å². The number of rotatable bonds is 3. The van der Waals surface area contributed by atoms with Crippen LogP contribution in [-0.4, -0.2) is 19.7 Å². The Balaban J connectivity index is 2.03. The average Bonchev–Trinajstić information content (AvgIpc) is 3.05. The maximum Gasteiger partial charge on any atom is 0.131 e. The van der Waals surface area contributed by atoms with Gasteiger partial charge in [0.15, 0.2) is 0 Å². The van der Waals surface area contributed by atoms with Gasteiger partial charge >= 0.3 is 0 Å². The maximum atomic E-state index is 4.63. The Hall–Kier alpha value is -2.10. The highest BCUT2D eigenvalue weighted by Crippen LogP contribution is 2.19. The molecule has 18 heavy (non-hydrogen) atoms. The van der Waals surface area contributed by atoms with Gasteiger partial charge in [-0.05, 0) is 37.1 Å². The first kappa shape index (κ1) is 11.0. The van der Waals surface area contributed by atoms with Crippen LogP contribution < -0.4 is 0 Å². The molecule has 0 amide bonds. The van der Waals surface area contributed by atoms with Crippen LogP contribution in [0, 0.1) is 0 Å². The van der Waals surface area contributed by atoms with Crippen LogP contribution in [0.15, 0.2) is 36.7 Å². The lowest BCUT2D eigenvalue weighted by atomic mass is 10.1. The molecule has 2 heterocycles. The third kappa shape index (κ3) is 1.79. The lowest BCUT2D eigenvalue weighted by Gasteiger charge is -2.08. The molecule has 2 aromatic heterocycles. The number of H-pyrrole nitrogens is 1. The normalized spacial score (nSPS) is 13.0. The molecule has 0 bridgehead atoms. The minimum absolute atomic E-state index is 0.123. The molecular formula is C14H16N4. The van der Waals surface area contributed by atoms with Crippen LogP contribution in [0.4, 0.5) is 0 Å². The van der Waals surface area contributed by atoms with Crippen molar-refractivity contribution in [1.82, 2.24) is 19.7 Å². The van der Waals surface area contributed by atoms with Crippen LogP contribution in [0.25, 0.3) is 11.0 Å². The standard InChI is InChI=1S/C14H16N4/c1-3-11-5-6-12-13(9-11)17-14(16-12)10(2)18-8-4-7-15-18/h4-10H,3H2,1-2H3,(H,16,17). The number of imidazole rings is 1. The SMILES string of the molecule is CCc1ccc2nc(C(C)n3cccn3)[nH]c2c1. The molecule has 0 saturated carbocycles. The molecule has 0 radical (unpaired) electrons. The first-order valence-electron chi connectivity index (χ1n) is 6.25. The van der Waals surface area contributed by atoms with Gasteiger partial charge < -0.3 is 4.98 Å². The minimum atomic E-state index is 0.123. The second-order valence-electron chi connectivity index (χ2n) is 4.49. The smallest absolute Gasteiger partial charge is 0.131 e. The molecular weight excluding hydrogens is 224 g/mol. The molecule has 0 aliphatic heterocycles. The van der Waals surface area contributed by atoms with Gasteiger partial charge in [0.1, 0.15) is 11.9 Å². The Morgan fingerprint density at radius 2 is 2.28 bits per heavy atom. The molecule has 0 fully saturated rings. The summed E-state index contributed by atoms with van der Waals surface area (Å²) in [5.74, 6) is 0.946. The van der Waals surface area contributed by atoms with Crippen LogP contribution in [0.3, 0.4) is 0 Å². The molecule has 0 aliphatic carbocycles. The number of hydrogen-bond acceptors (Lipinski definition) is 2. The van der Waals surface area contributed by atoms with E-state index in [0.717, 1.165) is 23.3 Å². The summed E-state index contributed by atoms with van der Waals surface area (Å²) in [6.07, 6.45) is 4.78. The summed E-state index contributed by atoms with van der Waals surface area (Å²) < 4.78 is 1.90. The van der Waals surface area contributed by atoms with E-state index in [2.05, 4.69) is 47.1 Å². The zero-order chi connectivity index (χ0) is 12.5. The summed E-state index contributed by atoms with van der Waals surface area (Å²) in [6.45, 7) is 4.25. The van der Waals surface area contributed by atoms with Crippen molar-refractivity contribution >= 4 is 11.0 Å². The van der Waals surface area contributed by atoms with E-state index in [-0.39, 0.29) is 6.04 Å². The van der Waals surface area contributed by atoms with Gasteiger partial charge in [-0.25, -0.2) is 4.98 Å². The topological polar surface area (TPSA) is 46.5 Å². The van der Waals surface area contributed by atoms with Crippen molar-refractivity contribution in [2.24, 2.45) is 0 Å². The van der Waals surface area contributed by atoms with Gasteiger partial charge in [0, 0.05) is 12.4 Å². The predicted molar refractivity (Wildman–Crippen MR) is 71.5 cm³/mol. The van der Waals surface area contributed by atoms with Gasteiger partial charge in [-0.2, -0.15) is 5.10 Å². The van der Waals surface area contributed by atoms with Crippen molar-refractivity contribution in [3.8, 4) is 0 Å². The van der Waals surface area contributed by atoms with Gasteiger partial charge in [0.2, 0.25) is 0 Å². The monoisotopic (exact) mass is 240 g/mol. The van der Waals surface area contributed by atoms with Crippen molar-refractivity contribution in [2.75, 3.05) is 0 Å². The van der Waals surface area contributed by atoms with Gasteiger partial charge in [0.25, 0.3) is 0 Å². The van der Waals surface area contributed by atoms with E-state index in [1.807, 2.05) is 16.9 Å². The molecule has 4 heteroatoms. The van der Waals surface area contributed by atoms with Gasteiger partial charge in [-0.3, -0.25) is 4.68 Å². The highest BCUT2D eigenvalue weighted by molar-refractivity contribution is 5.76. The Morgan fingerprint density at radius 1 is 1.39 bits per heavy atom. The summed E-state index contributed by atoms with van der Waals surface area (Å²) in [4.78, 5) is 8.01. The highest BCUT2D eigenvalue weighted by Gasteiger charge is 2.12. The molecule has 4 nitrogen and oxygen atoms in total. The molecule has 1 N–H and O–H groups in total. The lowest BCUT2D eigenvalue weighted by Crippen LogP contribution is -2.08.